The van der Waals surface area contributed by atoms with Gasteiger partial charge in [0.1, 0.15) is 30.4 Å². The van der Waals surface area contributed by atoms with Crippen molar-refractivity contribution in [1.29, 1.82) is 0 Å². The van der Waals surface area contributed by atoms with Crippen molar-refractivity contribution in [3.63, 3.8) is 0 Å². The maximum absolute atomic E-state index is 12.8. The van der Waals surface area contributed by atoms with Crippen LogP contribution in [0.15, 0.2) is 24.3 Å². The summed E-state index contributed by atoms with van der Waals surface area (Å²) in [4.78, 5) is 13.5. The SMILES string of the molecule is COCC(=O)N1CCC(COc2ccc(F)cc2)(OC)C1. The van der Waals surface area contributed by atoms with Crippen LogP contribution in [0.3, 0.4) is 0 Å². The molecule has 1 aliphatic rings. The first-order valence-electron chi connectivity index (χ1n) is 6.79. The number of hydrogen-bond acceptors (Lipinski definition) is 4. The Hall–Kier alpha value is -1.66. The molecule has 1 aliphatic heterocycles. The first-order valence-corrected chi connectivity index (χ1v) is 6.79. The minimum atomic E-state index is -0.530. The number of methoxy groups -OCH3 is 2. The van der Waals surface area contributed by atoms with Crippen molar-refractivity contribution >= 4 is 5.91 Å². The van der Waals surface area contributed by atoms with Crippen LogP contribution in [0.25, 0.3) is 0 Å². The van der Waals surface area contributed by atoms with Crippen molar-refractivity contribution in [2.75, 3.05) is 40.5 Å². The average Bonchev–Trinajstić information content (AvgIpc) is 2.92. The molecule has 1 heterocycles. The molecule has 1 aromatic rings. The number of halogens is 1. The molecule has 0 bridgehead atoms. The molecular formula is C15H20FNO4. The zero-order chi connectivity index (χ0) is 15.3. The molecule has 5 nitrogen and oxygen atoms in total. The molecule has 21 heavy (non-hydrogen) atoms. The van der Waals surface area contributed by atoms with E-state index in [1.165, 1.54) is 19.2 Å². The molecule has 1 aromatic carbocycles. The Bertz CT molecular complexity index is 479. The molecule has 0 saturated carbocycles. The van der Waals surface area contributed by atoms with Gasteiger partial charge in [0.2, 0.25) is 5.91 Å². The van der Waals surface area contributed by atoms with Crippen LogP contribution >= 0.6 is 0 Å². The number of nitrogens with zero attached hydrogens (tertiary/aromatic N) is 1. The summed E-state index contributed by atoms with van der Waals surface area (Å²) in [6.07, 6.45) is 0.695. The van der Waals surface area contributed by atoms with E-state index in [1.54, 1.807) is 24.1 Å². The first kappa shape index (κ1) is 15.7. The van der Waals surface area contributed by atoms with E-state index in [4.69, 9.17) is 14.2 Å². The summed E-state index contributed by atoms with van der Waals surface area (Å²) in [5, 5.41) is 0. The fraction of sp³-hybridized carbons (Fsp3) is 0.533. The van der Waals surface area contributed by atoms with Gasteiger partial charge in [-0.1, -0.05) is 0 Å². The fourth-order valence-corrected chi connectivity index (χ4v) is 2.36. The van der Waals surface area contributed by atoms with Crippen LogP contribution in [0, 0.1) is 5.82 Å². The van der Waals surface area contributed by atoms with Crippen molar-refractivity contribution in [2.45, 2.75) is 12.0 Å². The smallest absolute Gasteiger partial charge is 0.248 e. The highest BCUT2D eigenvalue weighted by atomic mass is 19.1. The average molecular weight is 297 g/mol. The predicted molar refractivity (Wildman–Crippen MR) is 74.7 cm³/mol. The van der Waals surface area contributed by atoms with Gasteiger partial charge < -0.3 is 19.1 Å². The van der Waals surface area contributed by atoms with Crippen LogP contribution in [0.5, 0.6) is 5.75 Å². The third-order valence-corrected chi connectivity index (χ3v) is 3.69. The standard InChI is InChI=1S/C15H20FNO4/c1-19-9-14(18)17-8-7-15(10-17,20-2)11-21-13-5-3-12(16)4-6-13/h3-6H,7-11H2,1-2H3. The van der Waals surface area contributed by atoms with Crippen LogP contribution < -0.4 is 4.74 Å². The maximum Gasteiger partial charge on any atom is 0.248 e. The fourth-order valence-electron chi connectivity index (χ4n) is 2.36. The molecule has 116 valence electrons. The van der Waals surface area contributed by atoms with Crippen LogP contribution in [0.4, 0.5) is 4.39 Å². The van der Waals surface area contributed by atoms with E-state index in [0.29, 0.717) is 31.9 Å². The van der Waals surface area contributed by atoms with E-state index < -0.39 is 5.60 Å². The van der Waals surface area contributed by atoms with E-state index in [1.807, 2.05) is 0 Å². The number of hydrogen-bond donors (Lipinski definition) is 0. The third-order valence-electron chi connectivity index (χ3n) is 3.69. The lowest BCUT2D eigenvalue weighted by Crippen LogP contribution is -2.43. The van der Waals surface area contributed by atoms with Gasteiger partial charge in [0, 0.05) is 20.8 Å². The molecule has 1 fully saturated rings. The minimum absolute atomic E-state index is 0.0572. The zero-order valence-electron chi connectivity index (χ0n) is 12.3. The largest absolute Gasteiger partial charge is 0.491 e. The van der Waals surface area contributed by atoms with Crippen LogP contribution in [0.2, 0.25) is 0 Å². The van der Waals surface area contributed by atoms with Crippen molar-refractivity contribution in [3.8, 4) is 5.75 Å². The molecule has 0 aromatic heterocycles. The highest BCUT2D eigenvalue weighted by Gasteiger charge is 2.41. The normalized spacial score (nSPS) is 21.6. The Morgan fingerprint density at radius 2 is 2.05 bits per heavy atom. The summed E-state index contributed by atoms with van der Waals surface area (Å²) in [6, 6.07) is 5.83. The Labute approximate surface area is 123 Å². The number of carbonyl (C=O) groups excluding carboxylic acids is 1. The molecule has 0 aliphatic carbocycles. The summed E-state index contributed by atoms with van der Waals surface area (Å²) in [6.45, 7) is 1.46. The van der Waals surface area contributed by atoms with Gasteiger partial charge in [-0.05, 0) is 30.7 Å². The topological polar surface area (TPSA) is 48.0 Å². The van der Waals surface area contributed by atoms with Gasteiger partial charge in [-0.15, -0.1) is 0 Å². The molecule has 1 saturated heterocycles. The Kier molecular flexibility index (Phi) is 5.14. The summed E-state index contributed by atoms with van der Waals surface area (Å²) in [7, 11) is 3.10. The van der Waals surface area contributed by atoms with Crippen molar-refractivity contribution in [3.05, 3.63) is 30.1 Å². The van der Waals surface area contributed by atoms with E-state index >= 15 is 0 Å². The van der Waals surface area contributed by atoms with Gasteiger partial charge >= 0.3 is 0 Å². The van der Waals surface area contributed by atoms with Crippen molar-refractivity contribution in [2.24, 2.45) is 0 Å². The predicted octanol–water partition coefficient (Wildman–Crippen LogP) is 1.47. The van der Waals surface area contributed by atoms with Gasteiger partial charge in [0.15, 0.2) is 0 Å². The summed E-state index contributed by atoms with van der Waals surface area (Å²) < 4.78 is 28.9. The quantitative estimate of drug-likeness (QED) is 0.798. The van der Waals surface area contributed by atoms with Gasteiger partial charge in [0.05, 0.1) is 6.54 Å². The number of amides is 1. The second kappa shape index (κ2) is 6.87. The molecule has 6 heteroatoms. The number of likely N-dealkylation sites (tertiary alicyclic amines) is 1. The minimum Gasteiger partial charge on any atom is -0.491 e. The lowest BCUT2D eigenvalue weighted by atomic mass is 10.0. The highest BCUT2D eigenvalue weighted by Crippen LogP contribution is 2.26. The number of ether oxygens (including phenoxy) is 3. The molecule has 1 amide bonds. The molecule has 1 unspecified atom stereocenters. The van der Waals surface area contributed by atoms with Crippen LogP contribution in [0.1, 0.15) is 6.42 Å². The number of benzene rings is 1. The van der Waals surface area contributed by atoms with Gasteiger partial charge in [0.25, 0.3) is 0 Å². The summed E-state index contributed by atoms with van der Waals surface area (Å²) in [5.41, 5.74) is -0.530. The maximum atomic E-state index is 12.8. The van der Waals surface area contributed by atoms with E-state index in [-0.39, 0.29) is 18.3 Å². The highest BCUT2D eigenvalue weighted by molar-refractivity contribution is 5.77. The van der Waals surface area contributed by atoms with Crippen molar-refractivity contribution < 1.29 is 23.4 Å². The third kappa shape index (κ3) is 3.92. The molecular weight excluding hydrogens is 277 g/mol. The second-order valence-corrected chi connectivity index (χ2v) is 5.13. The molecule has 0 spiro atoms. The second-order valence-electron chi connectivity index (χ2n) is 5.13. The van der Waals surface area contributed by atoms with E-state index in [0.717, 1.165) is 0 Å². The van der Waals surface area contributed by atoms with E-state index in [9.17, 15) is 9.18 Å². The Balaban J connectivity index is 1.93. The summed E-state index contributed by atoms with van der Waals surface area (Å²) >= 11 is 0. The molecule has 2 rings (SSSR count). The summed E-state index contributed by atoms with van der Waals surface area (Å²) in [5.74, 6) is 0.216. The lowest BCUT2D eigenvalue weighted by molar-refractivity contribution is -0.135. The van der Waals surface area contributed by atoms with Crippen LogP contribution in [-0.2, 0) is 14.3 Å². The number of rotatable bonds is 6. The Morgan fingerprint density at radius 3 is 2.67 bits per heavy atom. The number of carbonyl (C=O) groups is 1. The first-order chi connectivity index (χ1) is 10.1. The van der Waals surface area contributed by atoms with Crippen LogP contribution in [-0.4, -0.2) is 56.9 Å². The van der Waals surface area contributed by atoms with Gasteiger partial charge in [-0.2, -0.15) is 0 Å². The lowest BCUT2D eigenvalue weighted by Gasteiger charge is -2.27. The molecule has 0 radical (unpaired) electrons. The molecule has 1 atom stereocenters. The van der Waals surface area contributed by atoms with Gasteiger partial charge in [-0.3, -0.25) is 4.79 Å². The zero-order valence-corrected chi connectivity index (χ0v) is 12.3. The van der Waals surface area contributed by atoms with E-state index in [2.05, 4.69) is 0 Å². The van der Waals surface area contributed by atoms with Crippen molar-refractivity contribution in [1.82, 2.24) is 4.90 Å². The Morgan fingerprint density at radius 1 is 1.33 bits per heavy atom. The monoisotopic (exact) mass is 297 g/mol. The molecule has 0 N–H and O–H groups in total. The van der Waals surface area contributed by atoms with Gasteiger partial charge in [-0.25, -0.2) is 4.39 Å².